The van der Waals surface area contributed by atoms with Gasteiger partial charge in [-0.2, -0.15) is 0 Å². The SMILES string of the molecule is CC1OC(C[C@H](N)CCCC(=O)O)[C@@H](O)[C@H]1O. The second-order valence-electron chi connectivity index (χ2n) is 4.64. The topological polar surface area (TPSA) is 113 Å². The Bertz CT molecular complexity index is 260. The van der Waals surface area contributed by atoms with Gasteiger partial charge >= 0.3 is 5.97 Å². The van der Waals surface area contributed by atoms with Crippen molar-refractivity contribution >= 4 is 5.97 Å². The summed E-state index contributed by atoms with van der Waals surface area (Å²) in [7, 11) is 0. The van der Waals surface area contributed by atoms with Gasteiger partial charge in [-0.25, -0.2) is 0 Å². The fourth-order valence-electron chi connectivity index (χ4n) is 2.06. The summed E-state index contributed by atoms with van der Waals surface area (Å²) in [6, 6.07) is -0.216. The lowest BCUT2D eigenvalue weighted by molar-refractivity contribution is -0.137. The highest BCUT2D eigenvalue weighted by Gasteiger charge is 2.40. The van der Waals surface area contributed by atoms with Gasteiger partial charge in [0.1, 0.15) is 12.2 Å². The Hall–Kier alpha value is -0.690. The van der Waals surface area contributed by atoms with E-state index in [1.54, 1.807) is 6.92 Å². The molecule has 2 unspecified atom stereocenters. The zero-order valence-electron chi connectivity index (χ0n) is 9.95. The van der Waals surface area contributed by atoms with Crippen LogP contribution in [0.1, 0.15) is 32.6 Å². The van der Waals surface area contributed by atoms with Crippen LogP contribution in [-0.4, -0.2) is 51.7 Å². The highest BCUT2D eigenvalue weighted by Crippen LogP contribution is 2.24. The summed E-state index contributed by atoms with van der Waals surface area (Å²) in [5.74, 6) is -0.835. The van der Waals surface area contributed by atoms with Gasteiger partial charge in [0.05, 0.1) is 12.2 Å². The number of carboxylic acid groups (broad SMARTS) is 1. The van der Waals surface area contributed by atoms with Gasteiger partial charge in [0, 0.05) is 12.5 Å². The van der Waals surface area contributed by atoms with Gasteiger partial charge in [0.2, 0.25) is 0 Å². The lowest BCUT2D eigenvalue weighted by atomic mass is 9.99. The van der Waals surface area contributed by atoms with Crippen molar-refractivity contribution in [3.8, 4) is 0 Å². The molecule has 0 spiro atoms. The predicted octanol–water partition coefficient (Wildman–Crippen LogP) is -0.532. The van der Waals surface area contributed by atoms with E-state index in [9.17, 15) is 15.0 Å². The summed E-state index contributed by atoms with van der Waals surface area (Å²) in [6.07, 6.45) is -1.01. The zero-order chi connectivity index (χ0) is 13.0. The molecule has 0 bridgehead atoms. The molecule has 17 heavy (non-hydrogen) atoms. The van der Waals surface area contributed by atoms with E-state index in [4.69, 9.17) is 15.6 Å². The van der Waals surface area contributed by atoms with Gasteiger partial charge in [-0.1, -0.05) is 0 Å². The van der Waals surface area contributed by atoms with E-state index in [-0.39, 0.29) is 18.6 Å². The molecule has 5 atom stereocenters. The molecule has 0 radical (unpaired) electrons. The number of aliphatic hydroxyl groups is 2. The van der Waals surface area contributed by atoms with Crippen molar-refractivity contribution in [2.75, 3.05) is 0 Å². The normalized spacial score (nSPS) is 34.8. The molecular formula is C11H21NO5. The maximum absolute atomic E-state index is 10.3. The first kappa shape index (κ1) is 14.4. The van der Waals surface area contributed by atoms with Gasteiger partial charge in [-0.15, -0.1) is 0 Å². The summed E-state index contributed by atoms with van der Waals surface area (Å²) in [5, 5.41) is 27.7. The molecule has 5 N–H and O–H groups in total. The first-order valence-corrected chi connectivity index (χ1v) is 5.90. The summed E-state index contributed by atoms with van der Waals surface area (Å²) in [5.41, 5.74) is 5.83. The van der Waals surface area contributed by atoms with Crippen molar-refractivity contribution in [2.45, 2.75) is 63.1 Å². The Morgan fingerprint density at radius 1 is 1.41 bits per heavy atom. The standard InChI is InChI=1S/C11H21NO5/c1-6-10(15)11(16)8(17-6)5-7(12)3-2-4-9(13)14/h6-8,10-11,15-16H,2-5,12H2,1H3,(H,13,14)/t6?,7-,8?,10+,11-/m1/s1. The number of ether oxygens (including phenoxy) is 1. The molecule has 1 heterocycles. The first-order valence-electron chi connectivity index (χ1n) is 5.90. The second-order valence-corrected chi connectivity index (χ2v) is 4.64. The molecule has 1 aliphatic rings. The van der Waals surface area contributed by atoms with Gasteiger partial charge in [-0.3, -0.25) is 4.79 Å². The molecular weight excluding hydrogens is 226 g/mol. The van der Waals surface area contributed by atoms with Crippen molar-refractivity contribution in [3.63, 3.8) is 0 Å². The summed E-state index contributed by atoms with van der Waals surface area (Å²) < 4.78 is 5.39. The fraction of sp³-hybridized carbons (Fsp3) is 0.909. The van der Waals surface area contributed by atoms with Crippen LogP contribution in [0.2, 0.25) is 0 Å². The Morgan fingerprint density at radius 3 is 2.53 bits per heavy atom. The quantitative estimate of drug-likeness (QED) is 0.502. The molecule has 100 valence electrons. The Labute approximate surface area is 100 Å². The van der Waals surface area contributed by atoms with Crippen LogP contribution in [-0.2, 0) is 9.53 Å². The average Bonchev–Trinajstić information content (AvgIpc) is 2.46. The molecule has 1 rings (SSSR count). The van der Waals surface area contributed by atoms with E-state index < -0.39 is 24.3 Å². The third-order valence-electron chi connectivity index (χ3n) is 3.10. The van der Waals surface area contributed by atoms with Crippen LogP contribution in [0.15, 0.2) is 0 Å². The lowest BCUT2D eigenvalue weighted by Gasteiger charge is -2.19. The number of aliphatic carboxylic acids is 1. The monoisotopic (exact) mass is 247 g/mol. The summed E-state index contributed by atoms with van der Waals surface area (Å²) in [4.78, 5) is 10.3. The number of nitrogens with two attached hydrogens (primary N) is 1. The first-order chi connectivity index (χ1) is 7.91. The van der Waals surface area contributed by atoms with Gasteiger partial charge < -0.3 is 25.8 Å². The predicted molar refractivity (Wildman–Crippen MR) is 60.4 cm³/mol. The summed E-state index contributed by atoms with van der Waals surface area (Å²) in [6.45, 7) is 1.70. The maximum atomic E-state index is 10.3. The second kappa shape index (κ2) is 6.30. The molecule has 6 nitrogen and oxygen atoms in total. The van der Waals surface area contributed by atoms with Gasteiger partial charge in [0.25, 0.3) is 0 Å². The van der Waals surface area contributed by atoms with Crippen LogP contribution >= 0.6 is 0 Å². The van der Waals surface area contributed by atoms with E-state index in [2.05, 4.69) is 0 Å². The number of rotatable bonds is 6. The minimum Gasteiger partial charge on any atom is -0.481 e. The highest BCUT2D eigenvalue weighted by molar-refractivity contribution is 5.66. The zero-order valence-corrected chi connectivity index (χ0v) is 9.95. The van der Waals surface area contributed by atoms with Crippen LogP contribution < -0.4 is 5.73 Å². The molecule has 1 saturated heterocycles. The average molecular weight is 247 g/mol. The van der Waals surface area contributed by atoms with E-state index in [1.807, 2.05) is 0 Å². The summed E-state index contributed by atoms with van der Waals surface area (Å²) >= 11 is 0. The van der Waals surface area contributed by atoms with Crippen molar-refractivity contribution in [3.05, 3.63) is 0 Å². The molecule has 1 fully saturated rings. The van der Waals surface area contributed by atoms with E-state index >= 15 is 0 Å². The van der Waals surface area contributed by atoms with Crippen molar-refractivity contribution in [2.24, 2.45) is 5.73 Å². The molecule has 0 saturated carbocycles. The number of hydrogen-bond acceptors (Lipinski definition) is 5. The number of carbonyl (C=O) groups is 1. The van der Waals surface area contributed by atoms with E-state index in [1.165, 1.54) is 0 Å². The lowest BCUT2D eigenvalue weighted by Crippen LogP contribution is -2.35. The fourth-order valence-corrected chi connectivity index (χ4v) is 2.06. The highest BCUT2D eigenvalue weighted by atomic mass is 16.5. The Morgan fingerprint density at radius 2 is 2.06 bits per heavy atom. The number of carboxylic acids is 1. The van der Waals surface area contributed by atoms with Crippen LogP contribution in [0.25, 0.3) is 0 Å². The molecule has 0 aromatic heterocycles. The largest absolute Gasteiger partial charge is 0.481 e. The molecule has 1 aliphatic heterocycles. The van der Waals surface area contributed by atoms with Crippen LogP contribution in [0.5, 0.6) is 0 Å². The van der Waals surface area contributed by atoms with Crippen molar-refractivity contribution in [1.29, 1.82) is 0 Å². The Kier molecular flexibility index (Phi) is 5.32. The smallest absolute Gasteiger partial charge is 0.303 e. The third-order valence-corrected chi connectivity index (χ3v) is 3.10. The van der Waals surface area contributed by atoms with E-state index in [0.29, 0.717) is 19.3 Å². The van der Waals surface area contributed by atoms with Gasteiger partial charge in [0.15, 0.2) is 0 Å². The third kappa shape index (κ3) is 4.23. The van der Waals surface area contributed by atoms with E-state index in [0.717, 1.165) is 0 Å². The van der Waals surface area contributed by atoms with Crippen LogP contribution in [0.4, 0.5) is 0 Å². The number of aliphatic hydroxyl groups excluding tert-OH is 2. The minimum atomic E-state index is -0.907. The molecule has 0 aromatic carbocycles. The maximum Gasteiger partial charge on any atom is 0.303 e. The minimum absolute atomic E-state index is 0.0980. The van der Waals surface area contributed by atoms with Gasteiger partial charge in [-0.05, 0) is 26.2 Å². The Balaban J connectivity index is 2.27. The molecule has 0 aromatic rings. The molecule has 0 aliphatic carbocycles. The molecule has 6 heteroatoms. The van der Waals surface area contributed by atoms with Crippen LogP contribution in [0, 0.1) is 0 Å². The van der Waals surface area contributed by atoms with Crippen LogP contribution in [0.3, 0.4) is 0 Å². The van der Waals surface area contributed by atoms with Crippen molar-refractivity contribution in [1.82, 2.24) is 0 Å². The molecule has 0 amide bonds. The number of hydrogen-bond donors (Lipinski definition) is 4. The van der Waals surface area contributed by atoms with Crippen molar-refractivity contribution < 1.29 is 24.9 Å².